The maximum atomic E-state index is 12.5. The SMILES string of the molecule is O=C1c2ccccc2C(=O)N1C1CN(c2ccnc(Cl)c2[N+](=O)[O-])C1. The zero-order chi connectivity index (χ0) is 17.7. The van der Waals surface area contributed by atoms with Crippen LogP contribution in [0.4, 0.5) is 11.4 Å². The van der Waals surface area contributed by atoms with Crippen LogP contribution in [0, 0.1) is 10.1 Å². The average molecular weight is 359 g/mol. The number of carbonyl (C=O) groups excluding carboxylic acids is 2. The molecule has 0 N–H and O–H groups in total. The lowest BCUT2D eigenvalue weighted by molar-refractivity contribution is -0.384. The smallest absolute Gasteiger partial charge is 0.329 e. The number of anilines is 1. The van der Waals surface area contributed by atoms with E-state index in [0.717, 1.165) is 0 Å². The summed E-state index contributed by atoms with van der Waals surface area (Å²) in [5.74, 6) is -0.653. The standard InChI is InChI=1S/C16H11ClN4O4/c17-14-13(21(24)25)12(5-6-18-14)19-7-9(8-19)20-15(22)10-3-1-2-4-11(10)16(20)23/h1-6,9H,7-8H2. The molecule has 1 aromatic heterocycles. The van der Waals surface area contributed by atoms with Crippen molar-refractivity contribution in [1.82, 2.24) is 9.88 Å². The number of carbonyl (C=O) groups is 2. The van der Waals surface area contributed by atoms with Crippen LogP contribution in [0.1, 0.15) is 20.7 Å². The van der Waals surface area contributed by atoms with E-state index in [1.807, 2.05) is 0 Å². The van der Waals surface area contributed by atoms with E-state index in [9.17, 15) is 19.7 Å². The first-order valence-electron chi connectivity index (χ1n) is 7.50. The molecule has 2 amide bonds. The highest BCUT2D eigenvalue weighted by molar-refractivity contribution is 6.32. The molecule has 0 spiro atoms. The van der Waals surface area contributed by atoms with Gasteiger partial charge in [-0.1, -0.05) is 23.7 Å². The quantitative estimate of drug-likeness (QED) is 0.361. The summed E-state index contributed by atoms with van der Waals surface area (Å²) in [4.78, 5) is 42.2. The molecule has 2 aliphatic heterocycles. The van der Waals surface area contributed by atoms with Gasteiger partial charge >= 0.3 is 5.69 Å². The van der Waals surface area contributed by atoms with Crippen LogP contribution in [0.15, 0.2) is 36.5 Å². The van der Waals surface area contributed by atoms with E-state index in [-0.39, 0.29) is 28.7 Å². The van der Waals surface area contributed by atoms with Crippen molar-refractivity contribution < 1.29 is 14.5 Å². The molecule has 0 radical (unpaired) electrons. The van der Waals surface area contributed by atoms with E-state index in [0.29, 0.717) is 29.9 Å². The number of fused-ring (bicyclic) bond motifs is 1. The Bertz CT molecular complexity index is 891. The first-order chi connectivity index (χ1) is 12.0. The minimum Gasteiger partial charge on any atom is -0.362 e. The number of halogens is 1. The molecule has 0 unspecified atom stereocenters. The Kier molecular flexibility index (Phi) is 3.43. The van der Waals surface area contributed by atoms with Crippen LogP contribution >= 0.6 is 11.6 Å². The molecule has 0 bridgehead atoms. The van der Waals surface area contributed by atoms with Crippen LogP contribution in [-0.2, 0) is 0 Å². The number of benzene rings is 1. The second kappa shape index (κ2) is 5.52. The Morgan fingerprint density at radius 1 is 1.12 bits per heavy atom. The van der Waals surface area contributed by atoms with Gasteiger partial charge in [0.05, 0.1) is 22.1 Å². The highest BCUT2D eigenvalue weighted by Crippen LogP contribution is 2.37. The third kappa shape index (κ3) is 2.25. The van der Waals surface area contributed by atoms with Gasteiger partial charge in [0, 0.05) is 19.3 Å². The third-order valence-electron chi connectivity index (χ3n) is 4.43. The topological polar surface area (TPSA) is 96.7 Å². The van der Waals surface area contributed by atoms with Crippen LogP contribution in [0.3, 0.4) is 0 Å². The number of amides is 2. The summed E-state index contributed by atoms with van der Waals surface area (Å²) in [5.41, 5.74) is 0.843. The van der Waals surface area contributed by atoms with Gasteiger partial charge in [0.2, 0.25) is 5.15 Å². The minimum atomic E-state index is -0.583. The largest absolute Gasteiger partial charge is 0.362 e. The highest BCUT2D eigenvalue weighted by Gasteiger charge is 2.45. The lowest BCUT2D eigenvalue weighted by Gasteiger charge is -2.43. The molecule has 0 saturated carbocycles. The summed E-state index contributed by atoms with van der Waals surface area (Å²) in [6.07, 6.45) is 1.39. The van der Waals surface area contributed by atoms with Crippen LogP contribution < -0.4 is 4.90 Å². The van der Waals surface area contributed by atoms with Gasteiger partial charge in [-0.3, -0.25) is 24.6 Å². The number of hydrogen-bond acceptors (Lipinski definition) is 6. The van der Waals surface area contributed by atoms with Crippen molar-refractivity contribution in [2.45, 2.75) is 6.04 Å². The van der Waals surface area contributed by atoms with Crippen molar-refractivity contribution in [3.05, 3.63) is 62.9 Å². The summed E-state index contributed by atoms with van der Waals surface area (Å²) in [7, 11) is 0. The van der Waals surface area contributed by atoms with E-state index in [1.54, 1.807) is 29.2 Å². The lowest BCUT2D eigenvalue weighted by Crippen LogP contribution is -2.61. The first-order valence-corrected chi connectivity index (χ1v) is 7.87. The maximum absolute atomic E-state index is 12.5. The number of nitro groups is 1. The fourth-order valence-corrected chi connectivity index (χ4v) is 3.42. The van der Waals surface area contributed by atoms with Gasteiger partial charge in [0.15, 0.2) is 0 Å². The van der Waals surface area contributed by atoms with E-state index in [2.05, 4.69) is 4.98 Å². The molecule has 1 aromatic carbocycles. The van der Waals surface area contributed by atoms with Crippen molar-refractivity contribution in [2.75, 3.05) is 18.0 Å². The summed E-state index contributed by atoms with van der Waals surface area (Å²) in [5, 5.41) is 11.0. The number of hydrogen-bond donors (Lipinski definition) is 0. The van der Waals surface area contributed by atoms with E-state index in [1.165, 1.54) is 17.2 Å². The van der Waals surface area contributed by atoms with Crippen molar-refractivity contribution in [3.63, 3.8) is 0 Å². The Morgan fingerprint density at radius 3 is 2.28 bits per heavy atom. The molecule has 2 aromatic rings. The number of pyridine rings is 1. The van der Waals surface area contributed by atoms with Crippen LogP contribution in [-0.4, -0.2) is 45.8 Å². The molecular weight excluding hydrogens is 348 g/mol. The highest BCUT2D eigenvalue weighted by atomic mass is 35.5. The zero-order valence-corrected chi connectivity index (χ0v) is 13.5. The van der Waals surface area contributed by atoms with Crippen LogP contribution in [0.25, 0.3) is 0 Å². The zero-order valence-electron chi connectivity index (χ0n) is 12.8. The van der Waals surface area contributed by atoms with Crippen LogP contribution in [0.2, 0.25) is 5.15 Å². The fourth-order valence-electron chi connectivity index (χ4n) is 3.20. The van der Waals surface area contributed by atoms with E-state index >= 15 is 0 Å². The first kappa shape index (κ1) is 15.5. The van der Waals surface area contributed by atoms with Gasteiger partial charge in [-0.05, 0) is 18.2 Å². The molecular formula is C16H11ClN4O4. The maximum Gasteiger partial charge on any atom is 0.329 e. The Morgan fingerprint density at radius 2 is 1.72 bits per heavy atom. The van der Waals surface area contributed by atoms with Gasteiger partial charge < -0.3 is 4.90 Å². The molecule has 2 aliphatic rings. The van der Waals surface area contributed by atoms with Crippen molar-refractivity contribution in [1.29, 1.82) is 0 Å². The van der Waals surface area contributed by atoms with Gasteiger partial charge in [0.25, 0.3) is 11.8 Å². The average Bonchev–Trinajstić information content (AvgIpc) is 2.79. The van der Waals surface area contributed by atoms with Gasteiger partial charge in [0.1, 0.15) is 5.69 Å². The van der Waals surface area contributed by atoms with Gasteiger partial charge in [-0.2, -0.15) is 0 Å². The Balaban J connectivity index is 1.56. The normalized spacial score (nSPS) is 16.8. The predicted octanol–water partition coefficient (Wildman–Crippen LogP) is 2.13. The molecule has 1 fully saturated rings. The second-order valence-corrected chi connectivity index (χ2v) is 6.17. The summed E-state index contributed by atoms with van der Waals surface area (Å²) in [6, 6.07) is 7.84. The Labute approximate surface area is 146 Å². The third-order valence-corrected chi connectivity index (χ3v) is 4.71. The van der Waals surface area contributed by atoms with E-state index in [4.69, 9.17) is 11.6 Å². The molecule has 4 rings (SSSR count). The van der Waals surface area contributed by atoms with Gasteiger partial charge in [-0.15, -0.1) is 0 Å². The molecule has 126 valence electrons. The number of rotatable bonds is 3. The summed E-state index contributed by atoms with van der Waals surface area (Å²) < 4.78 is 0. The minimum absolute atomic E-state index is 0.188. The van der Waals surface area contributed by atoms with Crippen molar-refractivity contribution in [2.24, 2.45) is 0 Å². The number of aromatic nitrogens is 1. The fraction of sp³-hybridized carbons (Fsp3) is 0.188. The molecule has 1 saturated heterocycles. The molecule has 0 atom stereocenters. The molecule has 0 aliphatic carbocycles. The van der Waals surface area contributed by atoms with Crippen molar-refractivity contribution >= 4 is 34.8 Å². The Hall–Kier alpha value is -3.00. The van der Waals surface area contributed by atoms with Gasteiger partial charge in [-0.25, -0.2) is 4.98 Å². The summed E-state index contributed by atoms with van der Waals surface area (Å²) in [6.45, 7) is 0.624. The number of imide groups is 1. The monoisotopic (exact) mass is 358 g/mol. The van der Waals surface area contributed by atoms with E-state index < -0.39 is 4.92 Å². The predicted molar refractivity (Wildman–Crippen MR) is 88.8 cm³/mol. The lowest BCUT2D eigenvalue weighted by atomic mass is 10.1. The molecule has 8 nitrogen and oxygen atoms in total. The second-order valence-electron chi connectivity index (χ2n) is 5.81. The number of nitrogens with zero attached hydrogens (tertiary/aromatic N) is 4. The molecule has 9 heteroatoms. The summed E-state index contributed by atoms with van der Waals surface area (Å²) >= 11 is 5.82. The van der Waals surface area contributed by atoms with Crippen molar-refractivity contribution in [3.8, 4) is 0 Å². The molecule has 25 heavy (non-hydrogen) atoms. The molecule has 3 heterocycles. The van der Waals surface area contributed by atoms with Crippen LogP contribution in [0.5, 0.6) is 0 Å².